The molecule has 0 aliphatic carbocycles. The Morgan fingerprint density at radius 2 is 2.17 bits per heavy atom. The summed E-state index contributed by atoms with van der Waals surface area (Å²) in [7, 11) is 0. The van der Waals surface area contributed by atoms with Crippen molar-refractivity contribution in [2.75, 3.05) is 31.2 Å². The highest BCUT2D eigenvalue weighted by Gasteiger charge is 2.29. The summed E-state index contributed by atoms with van der Waals surface area (Å²) in [4.78, 5) is 14.2. The number of halogens is 2. The smallest absolute Gasteiger partial charge is 0.387 e. The number of alkyl halides is 2. The van der Waals surface area contributed by atoms with E-state index in [1.165, 1.54) is 6.07 Å². The molecule has 0 aromatic heterocycles. The van der Waals surface area contributed by atoms with E-state index in [0.717, 1.165) is 25.9 Å². The quantitative estimate of drug-likeness (QED) is 0.894. The monoisotopic (exact) mass is 340 g/mol. The van der Waals surface area contributed by atoms with Crippen molar-refractivity contribution in [2.45, 2.75) is 31.9 Å². The van der Waals surface area contributed by atoms with E-state index in [2.05, 4.69) is 10.1 Å². The average Bonchev–Trinajstić information content (AvgIpc) is 3.04. The molecule has 5 nitrogen and oxygen atoms in total. The molecule has 2 aliphatic heterocycles. The SMILES string of the molecule is O=C(N[C@@H]1CCN(c2ccccc2OC(F)F)C1)[C@@H]1CCCOC1. The number of nitrogens with one attached hydrogen (secondary N) is 1. The van der Waals surface area contributed by atoms with Crippen LogP contribution in [0.2, 0.25) is 0 Å². The van der Waals surface area contributed by atoms with Gasteiger partial charge in [-0.15, -0.1) is 0 Å². The highest BCUT2D eigenvalue weighted by atomic mass is 19.3. The van der Waals surface area contributed by atoms with Gasteiger partial charge in [0.05, 0.1) is 18.2 Å². The standard InChI is InChI=1S/C17H22F2N2O3/c18-17(19)24-15-6-2-1-5-14(15)21-8-7-13(10-21)20-16(22)12-4-3-9-23-11-12/h1-2,5-6,12-13,17H,3-4,7-11H2,(H,20,22)/t12-,13-/m1/s1. The van der Waals surface area contributed by atoms with E-state index in [-0.39, 0.29) is 23.6 Å². The van der Waals surface area contributed by atoms with Gasteiger partial charge in [0.2, 0.25) is 5.91 Å². The molecule has 0 radical (unpaired) electrons. The van der Waals surface area contributed by atoms with E-state index in [9.17, 15) is 13.6 Å². The van der Waals surface area contributed by atoms with Gasteiger partial charge in [-0.1, -0.05) is 12.1 Å². The van der Waals surface area contributed by atoms with Crippen molar-refractivity contribution in [3.05, 3.63) is 24.3 Å². The van der Waals surface area contributed by atoms with Crippen LogP contribution in [0.5, 0.6) is 5.75 Å². The molecule has 0 unspecified atom stereocenters. The predicted octanol–water partition coefficient (Wildman–Crippen LogP) is 2.41. The number of carbonyl (C=O) groups is 1. The lowest BCUT2D eigenvalue weighted by atomic mass is 10.0. The van der Waals surface area contributed by atoms with Crippen LogP contribution in [0, 0.1) is 5.92 Å². The second kappa shape index (κ2) is 7.79. The van der Waals surface area contributed by atoms with Gasteiger partial charge in [0, 0.05) is 25.7 Å². The molecule has 2 fully saturated rings. The highest BCUT2D eigenvalue weighted by molar-refractivity contribution is 5.79. The number of carbonyl (C=O) groups excluding carboxylic acids is 1. The summed E-state index contributed by atoms with van der Waals surface area (Å²) in [5.74, 6) is 0.112. The van der Waals surface area contributed by atoms with Crippen molar-refractivity contribution in [1.29, 1.82) is 0 Å². The number of rotatable bonds is 5. The molecular weight excluding hydrogens is 318 g/mol. The normalized spacial score (nSPS) is 24.2. The number of amides is 1. The van der Waals surface area contributed by atoms with E-state index in [0.29, 0.717) is 25.4 Å². The minimum atomic E-state index is -2.85. The van der Waals surface area contributed by atoms with E-state index >= 15 is 0 Å². The minimum absolute atomic E-state index is 0.0130. The fraction of sp³-hybridized carbons (Fsp3) is 0.588. The lowest BCUT2D eigenvalue weighted by molar-refractivity contribution is -0.129. The van der Waals surface area contributed by atoms with Crippen molar-refractivity contribution in [3.63, 3.8) is 0 Å². The van der Waals surface area contributed by atoms with Gasteiger partial charge < -0.3 is 19.7 Å². The first kappa shape index (κ1) is 17.0. The van der Waals surface area contributed by atoms with Crippen molar-refractivity contribution >= 4 is 11.6 Å². The van der Waals surface area contributed by atoms with Crippen LogP contribution in [0.3, 0.4) is 0 Å². The Bertz CT molecular complexity index is 565. The van der Waals surface area contributed by atoms with Crippen LogP contribution >= 0.6 is 0 Å². The third-order valence-electron chi connectivity index (χ3n) is 4.49. The first-order valence-corrected chi connectivity index (χ1v) is 8.30. The summed E-state index contributed by atoms with van der Waals surface area (Å²) in [5, 5.41) is 3.06. The molecule has 132 valence electrons. The molecule has 2 aliphatic rings. The minimum Gasteiger partial charge on any atom is -0.433 e. The summed E-state index contributed by atoms with van der Waals surface area (Å²) in [5.41, 5.74) is 0.635. The molecule has 1 N–H and O–H groups in total. The maximum absolute atomic E-state index is 12.5. The maximum atomic E-state index is 12.5. The van der Waals surface area contributed by atoms with Crippen LogP contribution in [0.4, 0.5) is 14.5 Å². The average molecular weight is 340 g/mol. The third kappa shape index (κ3) is 4.14. The maximum Gasteiger partial charge on any atom is 0.387 e. The number of hydrogen-bond donors (Lipinski definition) is 1. The molecule has 0 saturated carbocycles. The lowest BCUT2D eigenvalue weighted by Gasteiger charge is -2.24. The second-order valence-electron chi connectivity index (χ2n) is 6.20. The zero-order chi connectivity index (χ0) is 16.9. The first-order chi connectivity index (χ1) is 11.6. The second-order valence-corrected chi connectivity index (χ2v) is 6.20. The van der Waals surface area contributed by atoms with Crippen LogP contribution in [0.15, 0.2) is 24.3 Å². The van der Waals surface area contributed by atoms with Gasteiger partial charge in [-0.05, 0) is 31.4 Å². The van der Waals surface area contributed by atoms with Crippen molar-refractivity contribution in [1.82, 2.24) is 5.32 Å². The first-order valence-electron chi connectivity index (χ1n) is 8.30. The van der Waals surface area contributed by atoms with Gasteiger partial charge in [0.15, 0.2) is 0 Å². The molecular formula is C17H22F2N2O3. The Kier molecular flexibility index (Phi) is 5.50. The third-order valence-corrected chi connectivity index (χ3v) is 4.49. The van der Waals surface area contributed by atoms with Crippen LogP contribution in [0.1, 0.15) is 19.3 Å². The fourth-order valence-electron chi connectivity index (χ4n) is 3.28. The molecule has 0 bridgehead atoms. The van der Waals surface area contributed by atoms with Crippen molar-refractivity contribution in [2.24, 2.45) is 5.92 Å². The molecule has 1 aromatic rings. The molecule has 24 heavy (non-hydrogen) atoms. The Labute approximate surface area is 139 Å². The van der Waals surface area contributed by atoms with Gasteiger partial charge in [-0.2, -0.15) is 8.78 Å². The van der Waals surface area contributed by atoms with Crippen LogP contribution in [-0.4, -0.2) is 44.9 Å². The van der Waals surface area contributed by atoms with E-state index in [1.807, 2.05) is 4.90 Å². The lowest BCUT2D eigenvalue weighted by Crippen LogP contribution is -2.42. The topological polar surface area (TPSA) is 50.8 Å². The highest BCUT2D eigenvalue weighted by Crippen LogP contribution is 2.31. The van der Waals surface area contributed by atoms with Crippen molar-refractivity contribution in [3.8, 4) is 5.75 Å². The van der Waals surface area contributed by atoms with E-state index in [4.69, 9.17) is 4.74 Å². The Hall–Kier alpha value is -1.89. The van der Waals surface area contributed by atoms with Gasteiger partial charge in [0.25, 0.3) is 0 Å². The molecule has 2 saturated heterocycles. The van der Waals surface area contributed by atoms with E-state index in [1.54, 1.807) is 18.2 Å². The number of benzene rings is 1. The summed E-state index contributed by atoms with van der Waals surface area (Å²) in [6.45, 7) is -0.371. The number of hydrogen-bond acceptors (Lipinski definition) is 4. The molecule has 3 rings (SSSR count). The van der Waals surface area contributed by atoms with Crippen molar-refractivity contribution < 1.29 is 23.0 Å². The van der Waals surface area contributed by atoms with Gasteiger partial charge in [-0.25, -0.2) is 0 Å². The largest absolute Gasteiger partial charge is 0.433 e. The van der Waals surface area contributed by atoms with Crippen LogP contribution < -0.4 is 15.0 Å². The predicted molar refractivity (Wildman–Crippen MR) is 85.4 cm³/mol. The van der Waals surface area contributed by atoms with Gasteiger partial charge >= 0.3 is 6.61 Å². The Morgan fingerprint density at radius 3 is 2.92 bits per heavy atom. The summed E-state index contributed by atoms with van der Waals surface area (Å²) < 4.78 is 35.0. The molecule has 1 aromatic carbocycles. The molecule has 2 heterocycles. The Balaban J connectivity index is 1.58. The molecule has 0 spiro atoms. The number of para-hydroxylation sites is 2. The van der Waals surface area contributed by atoms with Gasteiger partial charge in [-0.3, -0.25) is 4.79 Å². The number of nitrogens with zero attached hydrogens (tertiary/aromatic N) is 1. The summed E-state index contributed by atoms with van der Waals surface area (Å²) in [6.07, 6.45) is 2.54. The number of anilines is 1. The fourth-order valence-corrected chi connectivity index (χ4v) is 3.28. The molecule has 7 heteroatoms. The molecule has 1 amide bonds. The summed E-state index contributed by atoms with van der Waals surface area (Å²) >= 11 is 0. The van der Waals surface area contributed by atoms with Gasteiger partial charge in [0.1, 0.15) is 5.75 Å². The van der Waals surface area contributed by atoms with Crippen LogP contribution in [0.25, 0.3) is 0 Å². The summed E-state index contributed by atoms with van der Waals surface area (Å²) in [6, 6.07) is 6.77. The zero-order valence-corrected chi connectivity index (χ0v) is 13.4. The molecule has 2 atom stereocenters. The zero-order valence-electron chi connectivity index (χ0n) is 13.4. The number of ether oxygens (including phenoxy) is 2. The van der Waals surface area contributed by atoms with Crippen LogP contribution in [-0.2, 0) is 9.53 Å². The van der Waals surface area contributed by atoms with E-state index < -0.39 is 6.61 Å². The Morgan fingerprint density at radius 1 is 1.33 bits per heavy atom.